The van der Waals surface area contributed by atoms with E-state index in [-0.39, 0.29) is 17.9 Å². The zero-order valence-electron chi connectivity index (χ0n) is 7.67. The van der Waals surface area contributed by atoms with Crippen LogP contribution in [0, 0.1) is 0 Å². The van der Waals surface area contributed by atoms with E-state index in [2.05, 4.69) is 6.58 Å². The van der Waals surface area contributed by atoms with Crippen LogP contribution < -0.4 is 4.74 Å². The van der Waals surface area contributed by atoms with Crippen LogP contribution in [0.2, 0.25) is 10.0 Å². The number of carbonyl (C=O) groups is 1. The molecule has 1 N–H and O–H groups in total. The van der Waals surface area contributed by atoms with Crippen molar-refractivity contribution in [1.29, 1.82) is 0 Å². The molecule has 15 heavy (non-hydrogen) atoms. The molecule has 0 aliphatic rings. The average Bonchev–Trinajstić information content (AvgIpc) is 2.16. The molecule has 0 atom stereocenters. The molecule has 3 nitrogen and oxygen atoms in total. The average molecular weight is 247 g/mol. The predicted molar refractivity (Wildman–Crippen MR) is 58.7 cm³/mol. The quantitative estimate of drug-likeness (QED) is 0.832. The first-order chi connectivity index (χ1) is 7.02. The second kappa shape index (κ2) is 5.05. The summed E-state index contributed by atoms with van der Waals surface area (Å²) in [5.41, 5.74) is -0.0639. The van der Waals surface area contributed by atoms with E-state index in [1.165, 1.54) is 0 Å². The molecule has 0 amide bonds. The largest absolute Gasteiger partial charge is 0.486 e. The van der Waals surface area contributed by atoms with E-state index in [0.717, 1.165) is 0 Å². The summed E-state index contributed by atoms with van der Waals surface area (Å²) in [7, 11) is 0. The van der Waals surface area contributed by atoms with E-state index in [4.69, 9.17) is 33.0 Å². The molecule has 0 aromatic heterocycles. The van der Waals surface area contributed by atoms with Gasteiger partial charge in [-0.25, -0.2) is 4.79 Å². The van der Waals surface area contributed by atoms with Gasteiger partial charge in [0.15, 0.2) is 5.75 Å². The van der Waals surface area contributed by atoms with E-state index in [9.17, 15) is 4.79 Å². The maximum absolute atomic E-state index is 10.4. The highest BCUT2D eigenvalue weighted by atomic mass is 35.5. The Kier molecular flexibility index (Phi) is 4.00. The normalized spacial score (nSPS) is 9.73. The number of carboxylic acids is 1. The molecule has 0 unspecified atom stereocenters. The van der Waals surface area contributed by atoms with Gasteiger partial charge in [-0.15, -0.1) is 0 Å². The number of carboxylic acid groups (broad SMARTS) is 1. The first-order valence-electron chi connectivity index (χ1n) is 4.00. The number of halogens is 2. The van der Waals surface area contributed by atoms with Crippen molar-refractivity contribution in [2.45, 2.75) is 0 Å². The molecule has 0 aliphatic carbocycles. The minimum atomic E-state index is -1.11. The van der Waals surface area contributed by atoms with E-state index in [1.54, 1.807) is 18.2 Å². The molecule has 0 fully saturated rings. The standard InChI is InChI=1S/C10H8Cl2O3/c1-6(10(13)14)5-15-9-7(11)3-2-4-8(9)12/h2-4H,1,5H2,(H,13,14). The molecule has 0 saturated heterocycles. The van der Waals surface area contributed by atoms with Gasteiger partial charge >= 0.3 is 5.97 Å². The van der Waals surface area contributed by atoms with Gasteiger partial charge in [0.25, 0.3) is 0 Å². The number of hydrogen-bond donors (Lipinski definition) is 1. The highest BCUT2D eigenvalue weighted by Crippen LogP contribution is 2.32. The molecular formula is C10H8Cl2O3. The summed E-state index contributed by atoms with van der Waals surface area (Å²) in [5.74, 6) is -0.846. The first kappa shape index (κ1) is 11.9. The van der Waals surface area contributed by atoms with Crippen LogP contribution in [0.25, 0.3) is 0 Å². The fourth-order valence-electron chi connectivity index (χ4n) is 0.841. The second-order valence-corrected chi connectivity index (χ2v) is 3.56. The lowest BCUT2D eigenvalue weighted by molar-refractivity contribution is -0.133. The van der Waals surface area contributed by atoms with Gasteiger partial charge in [-0.05, 0) is 12.1 Å². The molecule has 0 spiro atoms. The summed E-state index contributed by atoms with van der Waals surface area (Å²) in [6, 6.07) is 4.88. The van der Waals surface area contributed by atoms with Crippen molar-refractivity contribution in [3.8, 4) is 5.75 Å². The summed E-state index contributed by atoms with van der Waals surface area (Å²) in [6.45, 7) is 3.16. The molecule has 1 rings (SSSR count). The van der Waals surface area contributed by atoms with Crippen molar-refractivity contribution in [1.82, 2.24) is 0 Å². The Hall–Kier alpha value is -1.19. The Morgan fingerprint density at radius 2 is 1.93 bits per heavy atom. The second-order valence-electron chi connectivity index (χ2n) is 2.75. The Labute approximate surface area is 96.9 Å². The van der Waals surface area contributed by atoms with E-state index in [0.29, 0.717) is 10.0 Å². The number of benzene rings is 1. The summed E-state index contributed by atoms with van der Waals surface area (Å²) in [4.78, 5) is 10.4. The SMILES string of the molecule is C=C(COc1c(Cl)cccc1Cl)C(=O)O. The van der Waals surface area contributed by atoms with Gasteiger partial charge in [-0.2, -0.15) is 0 Å². The Morgan fingerprint density at radius 3 is 2.40 bits per heavy atom. The zero-order valence-corrected chi connectivity index (χ0v) is 9.18. The van der Waals surface area contributed by atoms with Crippen molar-refractivity contribution >= 4 is 29.2 Å². The number of rotatable bonds is 4. The number of ether oxygens (including phenoxy) is 1. The smallest absolute Gasteiger partial charge is 0.334 e. The van der Waals surface area contributed by atoms with E-state index < -0.39 is 5.97 Å². The predicted octanol–water partition coefficient (Wildman–Crippen LogP) is 3.01. The van der Waals surface area contributed by atoms with Crippen LogP contribution in [0.1, 0.15) is 0 Å². The molecule has 0 radical (unpaired) electrons. The molecule has 1 aromatic rings. The molecule has 0 saturated carbocycles. The molecular weight excluding hydrogens is 239 g/mol. The molecule has 1 aromatic carbocycles. The highest BCUT2D eigenvalue weighted by molar-refractivity contribution is 6.37. The fraction of sp³-hybridized carbons (Fsp3) is 0.100. The van der Waals surface area contributed by atoms with Gasteiger partial charge in [0.2, 0.25) is 0 Å². The summed E-state index contributed by atoms with van der Waals surface area (Å²) >= 11 is 11.6. The lowest BCUT2D eigenvalue weighted by Crippen LogP contribution is -2.09. The van der Waals surface area contributed by atoms with Gasteiger partial charge in [-0.3, -0.25) is 0 Å². The fourth-order valence-corrected chi connectivity index (χ4v) is 1.35. The van der Waals surface area contributed by atoms with Crippen LogP contribution in [-0.4, -0.2) is 17.7 Å². The van der Waals surface area contributed by atoms with Crippen molar-refractivity contribution in [3.05, 3.63) is 40.4 Å². The number of para-hydroxylation sites is 1. The van der Waals surface area contributed by atoms with Crippen molar-refractivity contribution < 1.29 is 14.6 Å². The number of aliphatic carboxylic acids is 1. The number of hydrogen-bond acceptors (Lipinski definition) is 2. The third-order valence-corrected chi connectivity index (χ3v) is 2.21. The Bertz CT molecular complexity index is 381. The molecule has 80 valence electrons. The van der Waals surface area contributed by atoms with E-state index in [1.807, 2.05) is 0 Å². The zero-order chi connectivity index (χ0) is 11.4. The van der Waals surface area contributed by atoms with Crippen LogP contribution in [0.5, 0.6) is 5.75 Å². The van der Waals surface area contributed by atoms with Gasteiger partial charge in [0.05, 0.1) is 15.6 Å². The summed E-state index contributed by atoms with van der Waals surface area (Å²) in [5, 5.41) is 9.22. The first-order valence-corrected chi connectivity index (χ1v) is 4.76. The topological polar surface area (TPSA) is 46.5 Å². The van der Waals surface area contributed by atoms with Crippen molar-refractivity contribution in [2.24, 2.45) is 0 Å². The monoisotopic (exact) mass is 246 g/mol. The minimum Gasteiger partial charge on any atom is -0.486 e. The third kappa shape index (κ3) is 3.15. The van der Waals surface area contributed by atoms with Gasteiger partial charge in [-0.1, -0.05) is 35.8 Å². The van der Waals surface area contributed by atoms with Crippen LogP contribution in [0.4, 0.5) is 0 Å². The highest BCUT2D eigenvalue weighted by Gasteiger charge is 2.09. The maximum atomic E-state index is 10.4. The minimum absolute atomic E-state index is 0.0639. The van der Waals surface area contributed by atoms with Crippen LogP contribution in [-0.2, 0) is 4.79 Å². The van der Waals surface area contributed by atoms with Crippen LogP contribution >= 0.6 is 23.2 Å². The van der Waals surface area contributed by atoms with E-state index >= 15 is 0 Å². The lowest BCUT2D eigenvalue weighted by atomic mass is 10.3. The maximum Gasteiger partial charge on any atom is 0.334 e. The van der Waals surface area contributed by atoms with Crippen molar-refractivity contribution in [2.75, 3.05) is 6.61 Å². The van der Waals surface area contributed by atoms with Crippen molar-refractivity contribution in [3.63, 3.8) is 0 Å². The Morgan fingerprint density at radius 1 is 1.40 bits per heavy atom. The third-order valence-electron chi connectivity index (χ3n) is 1.61. The van der Waals surface area contributed by atoms with Crippen LogP contribution in [0.15, 0.2) is 30.4 Å². The molecule has 0 aliphatic heterocycles. The van der Waals surface area contributed by atoms with Crippen LogP contribution in [0.3, 0.4) is 0 Å². The van der Waals surface area contributed by atoms with Gasteiger partial charge < -0.3 is 9.84 Å². The summed E-state index contributed by atoms with van der Waals surface area (Å²) in [6.07, 6.45) is 0. The van der Waals surface area contributed by atoms with Gasteiger partial charge in [0, 0.05) is 0 Å². The molecule has 5 heteroatoms. The molecule has 0 heterocycles. The molecule has 0 bridgehead atoms. The lowest BCUT2D eigenvalue weighted by Gasteiger charge is -2.09. The van der Waals surface area contributed by atoms with Gasteiger partial charge in [0.1, 0.15) is 6.61 Å². The summed E-state index contributed by atoms with van der Waals surface area (Å²) < 4.78 is 5.15. The Balaban J connectivity index is 2.73.